The summed E-state index contributed by atoms with van der Waals surface area (Å²) < 4.78 is 23.0. The van der Waals surface area contributed by atoms with Crippen molar-refractivity contribution in [3.8, 4) is 0 Å². The molecule has 54 heavy (non-hydrogen) atoms. The molecule has 9 heteroatoms. The number of likely N-dealkylation sites (N-methyl/N-ethyl adjacent to an activating group) is 1. The van der Waals surface area contributed by atoms with Gasteiger partial charge in [-0.15, -0.1) is 0 Å². The maximum atomic E-state index is 12.8. The third-order valence-corrected chi connectivity index (χ3v) is 9.24. The molecule has 0 radical (unpaired) electrons. The highest BCUT2D eigenvalue weighted by Gasteiger charge is 2.23. The lowest BCUT2D eigenvalue weighted by Gasteiger charge is -2.29. The molecule has 3 unspecified atom stereocenters. The number of nitrogens with zero attached hydrogens (tertiary/aromatic N) is 1. The van der Waals surface area contributed by atoms with Gasteiger partial charge in [-0.2, -0.15) is 0 Å². The Balaban J connectivity index is 4.45. The van der Waals surface area contributed by atoms with Crippen molar-refractivity contribution >= 4 is 13.7 Å². The zero-order chi connectivity index (χ0) is 40.0. The quantitative estimate of drug-likeness (QED) is 0.0287. The van der Waals surface area contributed by atoms with Crippen molar-refractivity contribution in [2.45, 2.75) is 142 Å². The molecular formula is C45H77N2O6P. The minimum absolute atomic E-state index is 0.0180. The molecule has 3 atom stereocenters. The first-order chi connectivity index (χ1) is 26.0. The molecule has 1 amide bonds. The van der Waals surface area contributed by atoms with Gasteiger partial charge in [0.15, 0.2) is 0 Å². The van der Waals surface area contributed by atoms with E-state index < -0.39 is 26.6 Å². The Labute approximate surface area is 330 Å². The first kappa shape index (κ1) is 51.4. The van der Waals surface area contributed by atoms with E-state index in [4.69, 9.17) is 9.05 Å². The summed E-state index contributed by atoms with van der Waals surface area (Å²) in [4.78, 5) is 25.2. The van der Waals surface area contributed by atoms with Crippen LogP contribution in [0.5, 0.6) is 0 Å². The number of rotatable bonds is 35. The van der Waals surface area contributed by atoms with Crippen LogP contribution in [0.15, 0.2) is 97.2 Å². The maximum absolute atomic E-state index is 12.8. The van der Waals surface area contributed by atoms with E-state index in [1.807, 2.05) is 27.2 Å². The summed E-state index contributed by atoms with van der Waals surface area (Å²) in [5.41, 5.74) is 0. The number of nitrogens with one attached hydrogen (secondary N) is 1. The summed E-state index contributed by atoms with van der Waals surface area (Å²) in [6.45, 7) is 4.39. The van der Waals surface area contributed by atoms with Crippen LogP contribution in [0, 0.1) is 0 Å². The van der Waals surface area contributed by atoms with Crippen molar-refractivity contribution in [1.29, 1.82) is 0 Å². The van der Waals surface area contributed by atoms with Gasteiger partial charge < -0.3 is 28.8 Å². The number of hydrogen-bond acceptors (Lipinski definition) is 6. The highest BCUT2D eigenvalue weighted by atomic mass is 31.2. The molecule has 0 aromatic carbocycles. The van der Waals surface area contributed by atoms with Gasteiger partial charge in [0.1, 0.15) is 13.2 Å². The van der Waals surface area contributed by atoms with Crippen LogP contribution in [-0.4, -0.2) is 68.5 Å². The van der Waals surface area contributed by atoms with Crippen LogP contribution in [0.1, 0.15) is 129 Å². The Bertz CT molecular complexity index is 1190. The number of phosphoric ester groups is 1. The Hall–Kier alpha value is -2.58. The van der Waals surface area contributed by atoms with Crippen LogP contribution in [-0.2, 0) is 18.4 Å². The summed E-state index contributed by atoms with van der Waals surface area (Å²) >= 11 is 0. The van der Waals surface area contributed by atoms with Crippen molar-refractivity contribution < 1.29 is 32.9 Å². The largest absolute Gasteiger partial charge is 0.756 e. The highest BCUT2D eigenvalue weighted by molar-refractivity contribution is 7.45. The van der Waals surface area contributed by atoms with Crippen LogP contribution in [0.4, 0.5) is 0 Å². The van der Waals surface area contributed by atoms with E-state index in [0.29, 0.717) is 23.9 Å². The smallest absolute Gasteiger partial charge is 0.268 e. The maximum Gasteiger partial charge on any atom is 0.268 e. The Morgan fingerprint density at radius 1 is 0.667 bits per heavy atom. The van der Waals surface area contributed by atoms with Crippen molar-refractivity contribution in [3.05, 3.63) is 97.2 Å². The number of amides is 1. The summed E-state index contributed by atoms with van der Waals surface area (Å²) in [5.74, 6) is -0.241. The molecule has 0 aliphatic heterocycles. The average molecular weight is 773 g/mol. The van der Waals surface area contributed by atoms with Crippen LogP contribution in [0.3, 0.4) is 0 Å². The molecule has 0 aliphatic carbocycles. The first-order valence-electron chi connectivity index (χ1n) is 20.6. The van der Waals surface area contributed by atoms with Crippen LogP contribution in [0.25, 0.3) is 0 Å². The van der Waals surface area contributed by atoms with Crippen molar-refractivity contribution in [1.82, 2.24) is 5.32 Å². The minimum Gasteiger partial charge on any atom is -0.756 e. The molecule has 0 saturated carbocycles. The van der Waals surface area contributed by atoms with Gasteiger partial charge in [-0.1, -0.05) is 137 Å². The first-order valence-corrected chi connectivity index (χ1v) is 22.1. The number of aliphatic hydroxyl groups excluding tert-OH is 1. The topological polar surface area (TPSA) is 108 Å². The van der Waals surface area contributed by atoms with Gasteiger partial charge in [0.05, 0.1) is 39.9 Å². The average Bonchev–Trinajstić information content (AvgIpc) is 3.12. The minimum atomic E-state index is -4.60. The number of aliphatic hydroxyl groups is 1. The second kappa shape index (κ2) is 36.1. The van der Waals surface area contributed by atoms with E-state index in [0.717, 1.165) is 83.5 Å². The number of unbranched alkanes of at least 4 members (excludes halogenated alkanes) is 8. The molecule has 0 aliphatic rings. The lowest BCUT2D eigenvalue weighted by molar-refractivity contribution is -0.870. The molecule has 0 fully saturated rings. The van der Waals surface area contributed by atoms with Crippen molar-refractivity contribution in [2.24, 2.45) is 0 Å². The third-order valence-electron chi connectivity index (χ3n) is 8.28. The van der Waals surface area contributed by atoms with E-state index in [9.17, 15) is 19.4 Å². The van der Waals surface area contributed by atoms with Crippen LogP contribution >= 0.6 is 7.82 Å². The van der Waals surface area contributed by atoms with Gasteiger partial charge in [0, 0.05) is 6.42 Å². The molecule has 0 saturated heterocycles. The Morgan fingerprint density at radius 2 is 1.15 bits per heavy atom. The number of phosphoric acid groups is 1. The predicted octanol–water partition coefficient (Wildman–Crippen LogP) is 10.6. The van der Waals surface area contributed by atoms with E-state index in [1.165, 1.54) is 19.3 Å². The molecule has 0 bridgehead atoms. The summed E-state index contributed by atoms with van der Waals surface area (Å²) in [6.07, 6.45) is 50.4. The van der Waals surface area contributed by atoms with Gasteiger partial charge in [-0.25, -0.2) is 0 Å². The fraction of sp³-hybridized carbons (Fsp3) is 0.622. The second-order valence-electron chi connectivity index (χ2n) is 14.6. The third kappa shape index (κ3) is 37.7. The SMILES string of the molecule is CC/C=C\C/C=C\C/C=C\C/C=C\C/C=C\C/C=C\CCCCCCC(=O)NC(COP(=O)([O-])OCC[N+](C)(C)C)C(O)/C=C/CC/C=C/CCCCC. The second-order valence-corrected chi connectivity index (χ2v) is 16.0. The zero-order valence-electron chi connectivity index (χ0n) is 34.6. The predicted molar refractivity (Wildman–Crippen MR) is 228 cm³/mol. The number of hydrogen-bond donors (Lipinski definition) is 2. The molecule has 0 spiro atoms. The zero-order valence-corrected chi connectivity index (χ0v) is 35.5. The summed E-state index contributed by atoms with van der Waals surface area (Å²) in [6, 6.07) is -0.921. The van der Waals surface area contributed by atoms with Crippen molar-refractivity contribution in [2.75, 3.05) is 40.9 Å². The summed E-state index contributed by atoms with van der Waals surface area (Å²) in [7, 11) is 1.20. The lowest BCUT2D eigenvalue weighted by Crippen LogP contribution is -2.45. The molecular weight excluding hydrogens is 695 g/mol. The van der Waals surface area contributed by atoms with Gasteiger partial charge >= 0.3 is 0 Å². The van der Waals surface area contributed by atoms with Gasteiger partial charge in [0.25, 0.3) is 7.82 Å². The molecule has 308 valence electrons. The number of carbonyl (C=O) groups is 1. The highest BCUT2D eigenvalue weighted by Crippen LogP contribution is 2.38. The van der Waals surface area contributed by atoms with Crippen LogP contribution in [0.2, 0.25) is 0 Å². The summed E-state index contributed by atoms with van der Waals surface area (Å²) in [5, 5.41) is 13.6. The number of quaternary nitrogens is 1. The monoisotopic (exact) mass is 773 g/mol. The fourth-order valence-electron chi connectivity index (χ4n) is 4.99. The number of carbonyl (C=O) groups excluding carboxylic acids is 1. The van der Waals surface area contributed by atoms with Gasteiger partial charge in [-0.05, 0) is 83.5 Å². The van der Waals surface area contributed by atoms with E-state index >= 15 is 0 Å². The Morgan fingerprint density at radius 3 is 1.70 bits per heavy atom. The van der Waals surface area contributed by atoms with Crippen molar-refractivity contribution in [3.63, 3.8) is 0 Å². The van der Waals surface area contributed by atoms with Gasteiger partial charge in [-0.3, -0.25) is 9.36 Å². The van der Waals surface area contributed by atoms with E-state index in [1.54, 1.807) is 6.08 Å². The van der Waals surface area contributed by atoms with E-state index in [2.05, 4.69) is 104 Å². The molecule has 8 nitrogen and oxygen atoms in total. The molecule has 0 aromatic rings. The Kier molecular flexibility index (Phi) is 34.4. The normalized spacial score (nSPS) is 15.5. The van der Waals surface area contributed by atoms with Gasteiger partial charge in [0.2, 0.25) is 5.91 Å². The standard InChI is InChI=1S/C45H77N2O6P/c1-6-8-10-12-14-16-17-18-19-20-21-22-23-24-25-26-27-28-29-31-33-35-37-39-45(49)46-43(42-53-54(50,51)52-41-40-47(3,4)5)44(48)38-36-34-32-30-15-13-11-9-7-2/h8,10,14-16,18-19,21-22,24-25,27-28,30,36,38,43-44,48H,6-7,9,11-13,17,20,23,26,29,31-35,37,39-42H2,1-5H3,(H-,46,49,50,51)/b10-8-,16-14-,19-18-,22-21-,25-24-,28-27-,30-15+,38-36+. The fourth-order valence-corrected chi connectivity index (χ4v) is 5.71. The van der Waals surface area contributed by atoms with Crippen LogP contribution < -0.4 is 10.2 Å². The molecule has 0 aromatic heterocycles. The van der Waals surface area contributed by atoms with E-state index in [-0.39, 0.29) is 12.5 Å². The molecule has 2 N–H and O–H groups in total. The lowest BCUT2D eigenvalue weighted by atomic mass is 10.1. The molecule has 0 heterocycles. The molecule has 0 rings (SSSR count). The number of allylic oxidation sites excluding steroid dienone is 15.